The van der Waals surface area contributed by atoms with Crippen molar-refractivity contribution in [3.8, 4) is 0 Å². The molecule has 0 rings (SSSR count). The fourth-order valence-electron chi connectivity index (χ4n) is 2.16. The molecule has 0 heterocycles. The van der Waals surface area contributed by atoms with Gasteiger partial charge in [-0.2, -0.15) is 0 Å². The van der Waals surface area contributed by atoms with E-state index in [9.17, 15) is 9.59 Å². The molecular weight excluding hydrogens is 360 g/mol. The topological polar surface area (TPSA) is 52.6 Å². The van der Waals surface area contributed by atoms with E-state index in [1.807, 2.05) is 0 Å². The lowest BCUT2D eigenvalue weighted by Gasteiger charge is -2.32. The van der Waals surface area contributed by atoms with Gasteiger partial charge in [0.25, 0.3) is 0 Å². The highest BCUT2D eigenvalue weighted by Gasteiger charge is 2.38. The Labute approximate surface area is 162 Å². The third-order valence-electron chi connectivity index (χ3n) is 4.23. The quantitative estimate of drug-likeness (QED) is 0.331. The predicted molar refractivity (Wildman–Crippen MR) is 114 cm³/mol. The Balaban J connectivity index is 4.96. The van der Waals surface area contributed by atoms with E-state index in [0.29, 0.717) is 11.5 Å². The molecule has 0 unspecified atom stereocenters. The van der Waals surface area contributed by atoms with Crippen molar-refractivity contribution in [2.75, 3.05) is 0 Å². The molecule has 0 amide bonds. The van der Waals surface area contributed by atoms with Gasteiger partial charge in [0.15, 0.2) is 0 Å². The largest absolute Gasteiger partial charge is 0.547 e. The van der Waals surface area contributed by atoms with Crippen LogP contribution < -0.4 is 0 Å². The van der Waals surface area contributed by atoms with Gasteiger partial charge in [-0.25, -0.2) is 0 Å². The van der Waals surface area contributed by atoms with Gasteiger partial charge >= 0.3 is 0 Å². The number of allylic oxidation sites excluding steroid dienone is 2. The third kappa shape index (κ3) is 7.62. The van der Waals surface area contributed by atoms with Crippen LogP contribution in [0.15, 0.2) is 24.7 Å². The molecule has 4 nitrogen and oxygen atoms in total. The number of rotatable bonds is 11. The van der Waals surface area contributed by atoms with Crippen molar-refractivity contribution in [1.82, 2.24) is 0 Å². The highest BCUT2D eigenvalue weighted by molar-refractivity contribution is 6.70. The minimum Gasteiger partial charge on any atom is -0.547 e. The van der Waals surface area contributed by atoms with Crippen LogP contribution in [0, 0.1) is 10.8 Å². The molecule has 0 aromatic rings. The van der Waals surface area contributed by atoms with Crippen LogP contribution in [-0.4, -0.2) is 28.2 Å². The first-order valence-corrected chi connectivity index (χ1v) is 16.0. The lowest BCUT2D eigenvalue weighted by Crippen LogP contribution is -2.36. The summed E-state index contributed by atoms with van der Waals surface area (Å²) in [6.07, 6.45) is 0.313. The Morgan fingerprint density at radius 3 is 1.12 bits per heavy atom. The fraction of sp³-hybridized carbons (Fsp3) is 0.700. The normalized spacial score (nSPS) is 13.2. The first kappa shape index (κ1) is 24.9. The first-order chi connectivity index (χ1) is 11.3. The molecule has 0 radical (unpaired) electrons. The molecule has 6 heteroatoms. The van der Waals surface area contributed by atoms with Crippen molar-refractivity contribution in [3.63, 3.8) is 0 Å². The molecule has 0 aromatic carbocycles. The van der Waals surface area contributed by atoms with E-state index in [0.717, 1.165) is 0 Å². The second kappa shape index (κ2) is 8.25. The molecule has 0 aliphatic heterocycles. The van der Waals surface area contributed by atoms with E-state index in [4.69, 9.17) is 8.85 Å². The maximum absolute atomic E-state index is 12.7. The van der Waals surface area contributed by atoms with Gasteiger partial charge in [0, 0.05) is 12.8 Å². The van der Waals surface area contributed by atoms with Crippen LogP contribution in [0.5, 0.6) is 0 Å². The zero-order valence-corrected chi connectivity index (χ0v) is 20.5. The summed E-state index contributed by atoms with van der Waals surface area (Å²) in [5.41, 5.74) is -1.62. The molecule has 0 aliphatic rings. The number of hydrogen-bond donors (Lipinski definition) is 0. The summed E-state index contributed by atoms with van der Waals surface area (Å²) in [4.78, 5) is 25.4. The maximum atomic E-state index is 12.7. The van der Waals surface area contributed by atoms with Gasteiger partial charge in [0.2, 0.25) is 16.6 Å². The third-order valence-corrected chi connectivity index (χ3v) is 5.94. The summed E-state index contributed by atoms with van der Waals surface area (Å²) in [5, 5.41) is 0. The average molecular weight is 399 g/mol. The molecule has 0 spiro atoms. The Kier molecular flexibility index (Phi) is 7.89. The highest BCUT2D eigenvalue weighted by atomic mass is 28.4. The average Bonchev–Trinajstić information content (AvgIpc) is 2.40. The van der Waals surface area contributed by atoms with Gasteiger partial charge in [-0.1, -0.05) is 13.2 Å². The van der Waals surface area contributed by atoms with Gasteiger partial charge in [0.05, 0.1) is 22.3 Å². The summed E-state index contributed by atoms with van der Waals surface area (Å²) < 4.78 is 11.8. The van der Waals surface area contributed by atoms with Crippen molar-refractivity contribution in [2.45, 2.75) is 79.8 Å². The fourth-order valence-corrected chi connectivity index (χ4v) is 4.15. The zero-order chi connectivity index (χ0) is 21.1. The van der Waals surface area contributed by atoms with Gasteiger partial charge in [-0.05, 0) is 67.0 Å². The Morgan fingerprint density at radius 1 is 0.692 bits per heavy atom. The van der Waals surface area contributed by atoms with Gasteiger partial charge in [-0.15, -0.1) is 0 Å². The minimum absolute atomic E-state index is 0.0402. The number of carbonyl (C=O) groups excluding carboxylic acids is 2. The van der Waals surface area contributed by atoms with E-state index in [2.05, 4.69) is 52.4 Å². The molecule has 150 valence electrons. The van der Waals surface area contributed by atoms with Crippen LogP contribution in [0.3, 0.4) is 0 Å². The van der Waals surface area contributed by atoms with Crippen molar-refractivity contribution in [1.29, 1.82) is 0 Å². The van der Waals surface area contributed by atoms with E-state index in [1.54, 1.807) is 27.7 Å². The number of Topliss-reactive ketones (excluding diaryl/α,β-unsaturated/α-hetero) is 2. The van der Waals surface area contributed by atoms with Gasteiger partial charge in [-0.3, -0.25) is 9.59 Å². The highest BCUT2D eigenvalue weighted by Crippen LogP contribution is 2.34. The van der Waals surface area contributed by atoms with Crippen molar-refractivity contribution >= 4 is 28.2 Å². The minimum atomic E-state index is -1.83. The molecule has 0 saturated heterocycles. The van der Waals surface area contributed by atoms with Crippen LogP contribution in [0.4, 0.5) is 0 Å². The Morgan fingerprint density at radius 2 is 0.923 bits per heavy atom. The SMILES string of the molecule is C=C(O[Si](C)(C)C)C(C)(C)C(=O)CCC(=O)C(C)(C)C(=C)O[Si](C)(C)C. The summed E-state index contributed by atoms with van der Waals surface area (Å²) in [6.45, 7) is 27.4. The summed E-state index contributed by atoms with van der Waals surface area (Å²) in [5.74, 6) is 0.892. The van der Waals surface area contributed by atoms with E-state index in [-0.39, 0.29) is 24.4 Å². The molecule has 0 fully saturated rings. The summed E-state index contributed by atoms with van der Waals surface area (Å²) >= 11 is 0. The van der Waals surface area contributed by atoms with E-state index < -0.39 is 27.5 Å². The van der Waals surface area contributed by atoms with Crippen molar-refractivity contribution in [3.05, 3.63) is 24.7 Å². The smallest absolute Gasteiger partial charge is 0.241 e. The van der Waals surface area contributed by atoms with Crippen LogP contribution in [0.25, 0.3) is 0 Å². The number of hydrogen-bond acceptors (Lipinski definition) is 4. The number of ketones is 2. The van der Waals surface area contributed by atoms with Gasteiger partial charge < -0.3 is 8.85 Å². The lowest BCUT2D eigenvalue weighted by atomic mass is 9.80. The monoisotopic (exact) mass is 398 g/mol. The standard InChI is InChI=1S/C20H38O4Si2/c1-15(23-25(7,8)9)19(3,4)17(21)13-14-18(22)20(5,6)16(2)24-26(10,11)12/h1-2,13-14H2,3-12H3. The van der Waals surface area contributed by atoms with E-state index in [1.165, 1.54) is 0 Å². The first-order valence-electron chi connectivity index (χ1n) is 9.14. The van der Waals surface area contributed by atoms with Crippen LogP contribution in [0.2, 0.25) is 39.3 Å². The molecule has 26 heavy (non-hydrogen) atoms. The number of carbonyl (C=O) groups is 2. The maximum Gasteiger partial charge on any atom is 0.241 e. The van der Waals surface area contributed by atoms with Crippen LogP contribution in [-0.2, 0) is 18.4 Å². The molecule has 0 saturated carbocycles. The zero-order valence-electron chi connectivity index (χ0n) is 18.5. The summed E-state index contributed by atoms with van der Waals surface area (Å²) in [7, 11) is -3.66. The van der Waals surface area contributed by atoms with Crippen LogP contribution in [0.1, 0.15) is 40.5 Å². The Hall–Kier alpha value is -1.15. The molecule has 0 aliphatic carbocycles. The molecule has 0 aromatic heterocycles. The Bertz CT molecular complexity index is 524. The van der Waals surface area contributed by atoms with Crippen LogP contribution >= 0.6 is 0 Å². The molecule has 0 N–H and O–H groups in total. The summed E-state index contributed by atoms with van der Waals surface area (Å²) in [6, 6.07) is 0. The van der Waals surface area contributed by atoms with Crippen molar-refractivity contribution < 1.29 is 18.4 Å². The molecular formula is C20H38O4Si2. The lowest BCUT2D eigenvalue weighted by molar-refractivity contribution is -0.132. The van der Waals surface area contributed by atoms with Gasteiger partial charge in [0.1, 0.15) is 11.6 Å². The second-order valence-electron chi connectivity index (χ2n) is 9.87. The van der Waals surface area contributed by atoms with E-state index >= 15 is 0 Å². The predicted octanol–water partition coefficient (Wildman–Crippen LogP) is 5.69. The molecule has 0 atom stereocenters. The second-order valence-corrected chi connectivity index (χ2v) is 18.7. The molecule has 0 bridgehead atoms. The van der Waals surface area contributed by atoms with Crippen molar-refractivity contribution in [2.24, 2.45) is 10.8 Å².